The zero-order valence-electron chi connectivity index (χ0n) is 14.3. The maximum Gasteiger partial charge on any atom is 0.226 e. The Kier molecular flexibility index (Phi) is 5.39. The maximum atomic E-state index is 12.2. The number of carbonyl (C=O) groups is 1. The van der Waals surface area contributed by atoms with Crippen LogP contribution in [0.5, 0.6) is 0 Å². The molecular weight excluding hydrogens is 340 g/mol. The average Bonchev–Trinajstić information content (AvgIpc) is 3.36. The molecule has 1 saturated carbocycles. The first-order chi connectivity index (χ1) is 12.0. The van der Waals surface area contributed by atoms with Crippen LogP contribution < -0.4 is 11.1 Å². The quantitative estimate of drug-likeness (QED) is 0.752. The van der Waals surface area contributed by atoms with Gasteiger partial charge < -0.3 is 15.6 Å². The fourth-order valence-electron chi connectivity index (χ4n) is 2.89. The van der Waals surface area contributed by atoms with Crippen molar-refractivity contribution in [1.82, 2.24) is 15.5 Å². The van der Waals surface area contributed by atoms with Crippen LogP contribution in [0.2, 0.25) is 5.02 Å². The minimum Gasteiger partial charge on any atom is -0.349 e. The molecule has 7 heteroatoms. The van der Waals surface area contributed by atoms with Gasteiger partial charge in [-0.25, -0.2) is 0 Å². The zero-order chi connectivity index (χ0) is 17.9. The Morgan fingerprint density at radius 3 is 2.76 bits per heavy atom. The number of aryl methyl sites for hydroxylation is 1. The van der Waals surface area contributed by atoms with E-state index in [1.807, 2.05) is 19.1 Å². The summed E-state index contributed by atoms with van der Waals surface area (Å²) < 4.78 is 5.26. The third-order valence-electron chi connectivity index (χ3n) is 4.69. The van der Waals surface area contributed by atoms with Gasteiger partial charge in [-0.1, -0.05) is 16.8 Å². The van der Waals surface area contributed by atoms with E-state index in [-0.39, 0.29) is 11.4 Å². The number of rotatable bonds is 8. The second kappa shape index (κ2) is 7.54. The van der Waals surface area contributed by atoms with E-state index in [1.54, 1.807) is 12.1 Å². The minimum absolute atomic E-state index is 0.0253. The Morgan fingerprint density at radius 2 is 2.12 bits per heavy atom. The topological polar surface area (TPSA) is 94.0 Å². The highest BCUT2D eigenvalue weighted by molar-refractivity contribution is 6.30. The molecule has 0 saturated heterocycles. The summed E-state index contributed by atoms with van der Waals surface area (Å²) in [6.45, 7) is 2.50. The molecule has 1 fully saturated rings. The van der Waals surface area contributed by atoms with Crippen molar-refractivity contribution in [3.05, 3.63) is 35.2 Å². The highest BCUT2D eigenvalue weighted by Gasteiger charge is 2.41. The first-order valence-electron chi connectivity index (χ1n) is 8.60. The number of halogens is 1. The average molecular weight is 363 g/mol. The van der Waals surface area contributed by atoms with Gasteiger partial charge in [0.05, 0.1) is 5.54 Å². The third kappa shape index (κ3) is 4.58. The van der Waals surface area contributed by atoms with E-state index >= 15 is 0 Å². The maximum absolute atomic E-state index is 12.2. The molecule has 1 aromatic carbocycles. The molecule has 3 N–H and O–H groups in total. The molecule has 0 radical (unpaired) electrons. The summed E-state index contributed by atoms with van der Waals surface area (Å²) in [6, 6.07) is 7.25. The summed E-state index contributed by atoms with van der Waals surface area (Å²) in [4.78, 5) is 16.5. The molecule has 134 valence electrons. The third-order valence-corrected chi connectivity index (χ3v) is 4.94. The van der Waals surface area contributed by atoms with Gasteiger partial charge in [-0.2, -0.15) is 4.98 Å². The molecule has 3 rings (SSSR count). The van der Waals surface area contributed by atoms with Crippen molar-refractivity contribution >= 4 is 17.5 Å². The number of benzene rings is 1. The fourth-order valence-corrected chi connectivity index (χ4v) is 3.02. The Labute approximate surface area is 152 Å². The molecule has 25 heavy (non-hydrogen) atoms. The number of hydrogen-bond acceptors (Lipinski definition) is 5. The Balaban J connectivity index is 1.47. The molecule has 1 aromatic heterocycles. The van der Waals surface area contributed by atoms with E-state index < -0.39 is 0 Å². The van der Waals surface area contributed by atoms with Crippen LogP contribution in [0.4, 0.5) is 0 Å². The smallest absolute Gasteiger partial charge is 0.226 e. The number of carbonyl (C=O) groups excluding carboxylic acids is 1. The summed E-state index contributed by atoms with van der Waals surface area (Å²) in [5.74, 6) is 1.60. The number of amides is 1. The van der Waals surface area contributed by atoms with Crippen LogP contribution >= 0.6 is 11.6 Å². The van der Waals surface area contributed by atoms with Crippen molar-refractivity contribution in [2.75, 3.05) is 6.54 Å². The normalized spacial score (nSPS) is 16.4. The first-order valence-corrected chi connectivity index (χ1v) is 8.97. The molecule has 0 spiro atoms. The molecule has 1 unspecified atom stereocenters. The van der Waals surface area contributed by atoms with Gasteiger partial charge in [0.15, 0.2) is 0 Å². The second-order valence-corrected chi connectivity index (χ2v) is 7.25. The predicted octanol–water partition coefficient (Wildman–Crippen LogP) is 2.96. The standard InChI is InChI=1S/C18H23ClN4O2/c1-18(11-20,13-7-8-13)22-15(24)3-2-4-16-21-17(23-25-16)12-5-9-14(19)10-6-12/h5-6,9-10,13H,2-4,7-8,11,20H2,1H3,(H,22,24). The van der Waals surface area contributed by atoms with E-state index in [1.165, 1.54) is 0 Å². The van der Waals surface area contributed by atoms with Crippen LogP contribution in [0.1, 0.15) is 38.5 Å². The second-order valence-electron chi connectivity index (χ2n) is 6.82. The van der Waals surface area contributed by atoms with Crippen LogP contribution in [0.3, 0.4) is 0 Å². The summed E-state index contributed by atoms with van der Waals surface area (Å²) in [6.07, 6.45) is 3.92. The lowest BCUT2D eigenvalue weighted by Gasteiger charge is -2.29. The number of nitrogens with zero attached hydrogens (tertiary/aromatic N) is 2. The van der Waals surface area contributed by atoms with Crippen LogP contribution in [-0.2, 0) is 11.2 Å². The van der Waals surface area contributed by atoms with Crippen molar-refractivity contribution in [1.29, 1.82) is 0 Å². The molecule has 1 amide bonds. The monoisotopic (exact) mass is 362 g/mol. The van der Waals surface area contributed by atoms with Gasteiger partial charge >= 0.3 is 0 Å². The molecule has 0 bridgehead atoms. The van der Waals surface area contributed by atoms with E-state index in [0.29, 0.717) is 48.5 Å². The molecule has 2 aromatic rings. The van der Waals surface area contributed by atoms with Crippen molar-refractivity contribution in [2.24, 2.45) is 11.7 Å². The lowest BCUT2D eigenvalue weighted by atomic mass is 9.95. The number of aromatic nitrogens is 2. The van der Waals surface area contributed by atoms with Gasteiger partial charge in [0.25, 0.3) is 0 Å². The zero-order valence-corrected chi connectivity index (χ0v) is 15.1. The van der Waals surface area contributed by atoms with Crippen LogP contribution in [0, 0.1) is 5.92 Å². The highest BCUT2D eigenvalue weighted by Crippen LogP contribution is 2.39. The van der Waals surface area contributed by atoms with Gasteiger partial charge in [-0.15, -0.1) is 0 Å². The lowest BCUT2D eigenvalue weighted by molar-refractivity contribution is -0.123. The van der Waals surface area contributed by atoms with Gasteiger partial charge in [0.2, 0.25) is 17.6 Å². The number of nitrogens with one attached hydrogen (secondary N) is 1. The van der Waals surface area contributed by atoms with Gasteiger partial charge in [0, 0.05) is 30.0 Å². The Morgan fingerprint density at radius 1 is 1.40 bits per heavy atom. The van der Waals surface area contributed by atoms with Crippen LogP contribution in [0.25, 0.3) is 11.4 Å². The molecule has 1 aliphatic rings. The van der Waals surface area contributed by atoms with E-state index in [4.69, 9.17) is 21.9 Å². The van der Waals surface area contributed by atoms with E-state index in [9.17, 15) is 4.79 Å². The molecule has 1 aliphatic carbocycles. The van der Waals surface area contributed by atoms with Crippen molar-refractivity contribution in [3.63, 3.8) is 0 Å². The fraction of sp³-hybridized carbons (Fsp3) is 0.500. The van der Waals surface area contributed by atoms with Crippen molar-refractivity contribution in [3.8, 4) is 11.4 Å². The van der Waals surface area contributed by atoms with Gasteiger partial charge in [-0.05, 0) is 56.4 Å². The molecule has 6 nitrogen and oxygen atoms in total. The van der Waals surface area contributed by atoms with Crippen LogP contribution in [-0.4, -0.2) is 28.1 Å². The Bertz CT molecular complexity index is 727. The molecule has 1 heterocycles. The minimum atomic E-state index is -0.274. The van der Waals surface area contributed by atoms with Gasteiger partial charge in [0.1, 0.15) is 0 Å². The van der Waals surface area contributed by atoms with Crippen LogP contribution in [0.15, 0.2) is 28.8 Å². The first kappa shape index (κ1) is 17.9. The summed E-state index contributed by atoms with van der Waals surface area (Å²) >= 11 is 5.87. The summed E-state index contributed by atoms with van der Waals surface area (Å²) in [7, 11) is 0. The summed E-state index contributed by atoms with van der Waals surface area (Å²) in [5.41, 5.74) is 6.40. The Hall–Kier alpha value is -1.92. The van der Waals surface area contributed by atoms with E-state index in [0.717, 1.165) is 18.4 Å². The number of nitrogens with two attached hydrogens (primary N) is 1. The lowest BCUT2D eigenvalue weighted by Crippen LogP contribution is -2.53. The molecule has 1 atom stereocenters. The van der Waals surface area contributed by atoms with Crippen molar-refractivity contribution < 1.29 is 9.32 Å². The molecule has 0 aliphatic heterocycles. The summed E-state index contributed by atoms with van der Waals surface area (Å²) in [5, 5.41) is 7.72. The predicted molar refractivity (Wildman–Crippen MR) is 96.0 cm³/mol. The molecular formula is C18H23ClN4O2. The number of hydrogen-bond donors (Lipinski definition) is 2. The van der Waals surface area contributed by atoms with E-state index in [2.05, 4.69) is 15.5 Å². The van der Waals surface area contributed by atoms with Gasteiger partial charge in [-0.3, -0.25) is 4.79 Å². The SMILES string of the molecule is CC(CN)(NC(=O)CCCc1nc(-c2ccc(Cl)cc2)no1)C1CC1. The largest absolute Gasteiger partial charge is 0.349 e. The van der Waals surface area contributed by atoms with Crippen molar-refractivity contribution in [2.45, 2.75) is 44.6 Å². The highest BCUT2D eigenvalue weighted by atomic mass is 35.5.